The van der Waals surface area contributed by atoms with Gasteiger partial charge >= 0.3 is 6.09 Å². The quantitative estimate of drug-likeness (QED) is 0.648. The summed E-state index contributed by atoms with van der Waals surface area (Å²) in [5.41, 5.74) is -1.08. The molecule has 0 aromatic heterocycles. The van der Waals surface area contributed by atoms with Crippen LogP contribution in [-0.4, -0.2) is 47.7 Å². The van der Waals surface area contributed by atoms with Crippen molar-refractivity contribution in [3.63, 3.8) is 0 Å². The SMILES string of the molecule is CC(C)(C)OC(=O)N1CC(=O)COC(C)(C)C1. The lowest BCUT2D eigenvalue weighted by Crippen LogP contribution is -2.44. The van der Waals surface area contributed by atoms with Gasteiger partial charge in [-0.1, -0.05) is 0 Å². The number of hydrogen-bond donors (Lipinski definition) is 0. The number of carbonyl (C=O) groups excluding carboxylic acids is 2. The van der Waals surface area contributed by atoms with Crippen LogP contribution in [0.4, 0.5) is 4.79 Å². The van der Waals surface area contributed by atoms with Crippen molar-refractivity contribution in [1.29, 1.82) is 0 Å². The van der Waals surface area contributed by atoms with Crippen LogP contribution in [0.25, 0.3) is 0 Å². The molecule has 5 nitrogen and oxygen atoms in total. The number of ether oxygens (including phenoxy) is 2. The van der Waals surface area contributed by atoms with Crippen LogP contribution in [-0.2, 0) is 14.3 Å². The molecule has 1 rings (SSSR count). The lowest BCUT2D eigenvalue weighted by molar-refractivity contribution is -0.125. The normalized spacial score (nSPS) is 21.0. The predicted octanol–water partition coefficient (Wildman–Crippen LogP) is 1.60. The molecular weight excluding hydrogens is 222 g/mol. The first-order valence-electron chi connectivity index (χ1n) is 5.73. The largest absolute Gasteiger partial charge is 0.444 e. The highest BCUT2D eigenvalue weighted by molar-refractivity contribution is 5.85. The zero-order valence-electron chi connectivity index (χ0n) is 11.2. The molecule has 0 saturated carbocycles. The maximum Gasteiger partial charge on any atom is 0.410 e. The van der Waals surface area contributed by atoms with E-state index in [1.807, 2.05) is 13.8 Å². The van der Waals surface area contributed by atoms with Crippen LogP contribution in [0, 0.1) is 0 Å². The number of ketones is 1. The number of carbonyl (C=O) groups is 2. The Kier molecular flexibility index (Phi) is 3.81. The fourth-order valence-corrected chi connectivity index (χ4v) is 1.55. The molecule has 17 heavy (non-hydrogen) atoms. The molecule has 1 heterocycles. The second-order valence-corrected chi connectivity index (χ2v) is 5.92. The third-order valence-electron chi connectivity index (χ3n) is 2.21. The van der Waals surface area contributed by atoms with Crippen LogP contribution in [0.5, 0.6) is 0 Å². The zero-order valence-corrected chi connectivity index (χ0v) is 11.2. The van der Waals surface area contributed by atoms with E-state index in [4.69, 9.17) is 9.47 Å². The average molecular weight is 243 g/mol. The van der Waals surface area contributed by atoms with E-state index in [2.05, 4.69) is 0 Å². The van der Waals surface area contributed by atoms with E-state index in [9.17, 15) is 9.59 Å². The van der Waals surface area contributed by atoms with Crippen molar-refractivity contribution < 1.29 is 19.1 Å². The van der Waals surface area contributed by atoms with E-state index in [0.717, 1.165) is 0 Å². The molecule has 1 amide bonds. The molecule has 1 fully saturated rings. The third kappa shape index (κ3) is 4.73. The van der Waals surface area contributed by atoms with Gasteiger partial charge in [0.25, 0.3) is 0 Å². The first kappa shape index (κ1) is 14.0. The summed E-state index contributed by atoms with van der Waals surface area (Å²) in [6, 6.07) is 0. The molecule has 0 unspecified atom stereocenters. The molecule has 0 N–H and O–H groups in total. The van der Waals surface area contributed by atoms with Crippen molar-refractivity contribution >= 4 is 11.9 Å². The first-order chi connectivity index (χ1) is 7.59. The highest BCUT2D eigenvalue weighted by Crippen LogP contribution is 2.18. The van der Waals surface area contributed by atoms with Gasteiger partial charge in [0, 0.05) is 0 Å². The Morgan fingerprint density at radius 1 is 1.41 bits per heavy atom. The van der Waals surface area contributed by atoms with Gasteiger partial charge in [0.15, 0.2) is 5.78 Å². The van der Waals surface area contributed by atoms with Gasteiger partial charge < -0.3 is 9.47 Å². The van der Waals surface area contributed by atoms with Crippen molar-refractivity contribution in [2.24, 2.45) is 0 Å². The van der Waals surface area contributed by atoms with E-state index < -0.39 is 17.3 Å². The van der Waals surface area contributed by atoms with Gasteiger partial charge in [-0.2, -0.15) is 0 Å². The van der Waals surface area contributed by atoms with Crippen LogP contribution >= 0.6 is 0 Å². The standard InChI is InChI=1S/C12H21NO4/c1-11(2,3)17-10(15)13-6-9(14)7-16-12(4,5)8-13/h6-8H2,1-5H3. The van der Waals surface area contributed by atoms with Gasteiger partial charge in [-0.05, 0) is 34.6 Å². The average Bonchev–Trinajstić information content (AvgIpc) is 2.23. The van der Waals surface area contributed by atoms with Crippen molar-refractivity contribution in [2.75, 3.05) is 19.7 Å². The summed E-state index contributed by atoms with van der Waals surface area (Å²) in [6.07, 6.45) is -0.468. The van der Waals surface area contributed by atoms with Crippen LogP contribution in [0.3, 0.4) is 0 Å². The number of rotatable bonds is 0. The van der Waals surface area contributed by atoms with Crippen molar-refractivity contribution in [3.8, 4) is 0 Å². The Balaban J connectivity index is 2.74. The second-order valence-electron chi connectivity index (χ2n) is 5.92. The van der Waals surface area contributed by atoms with Crippen LogP contribution in [0.2, 0.25) is 0 Å². The van der Waals surface area contributed by atoms with Crippen molar-refractivity contribution in [3.05, 3.63) is 0 Å². The van der Waals surface area contributed by atoms with E-state index in [1.165, 1.54) is 4.90 Å². The van der Waals surface area contributed by atoms with Gasteiger partial charge in [-0.25, -0.2) is 4.79 Å². The maximum absolute atomic E-state index is 11.9. The van der Waals surface area contributed by atoms with Gasteiger partial charge in [-0.3, -0.25) is 9.69 Å². The molecular formula is C12H21NO4. The van der Waals surface area contributed by atoms with Gasteiger partial charge in [0.1, 0.15) is 12.2 Å². The van der Waals surface area contributed by atoms with Gasteiger partial charge in [0.05, 0.1) is 18.7 Å². The van der Waals surface area contributed by atoms with Crippen LogP contribution in [0.1, 0.15) is 34.6 Å². The monoisotopic (exact) mass is 243 g/mol. The highest BCUT2D eigenvalue weighted by atomic mass is 16.6. The zero-order chi connectivity index (χ0) is 13.3. The lowest BCUT2D eigenvalue weighted by atomic mass is 10.1. The lowest BCUT2D eigenvalue weighted by Gasteiger charge is -2.30. The minimum absolute atomic E-state index is 0.0479. The van der Waals surface area contributed by atoms with Crippen LogP contribution in [0.15, 0.2) is 0 Å². The molecule has 0 bridgehead atoms. The molecule has 0 spiro atoms. The molecule has 0 aromatic rings. The summed E-state index contributed by atoms with van der Waals surface area (Å²) in [7, 11) is 0. The summed E-state index contributed by atoms with van der Waals surface area (Å²) in [5.74, 6) is -0.110. The molecule has 0 aliphatic carbocycles. The summed E-state index contributed by atoms with van der Waals surface area (Å²) in [5, 5.41) is 0. The summed E-state index contributed by atoms with van der Waals surface area (Å²) in [6.45, 7) is 9.55. The minimum Gasteiger partial charge on any atom is -0.444 e. The second kappa shape index (κ2) is 4.64. The van der Waals surface area contributed by atoms with E-state index in [1.54, 1.807) is 20.8 Å². The molecule has 0 radical (unpaired) electrons. The Hall–Kier alpha value is -1.10. The summed E-state index contributed by atoms with van der Waals surface area (Å²) < 4.78 is 10.7. The molecule has 0 aromatic carbocycles. The van der Waals surface area contributed by atoms with Crippen molar-refractivity contribution in [1.82, 2.24) is 4.90 Å². The first-order valence-corrected chi connectivity index (χ1v) is 5.73. The maximum atomic E-state index is 11.9. The Morgan fingerprint density at radius 2 is 2.00 bits per heavy atom. The Morgan fingerprint density at radius 3 is 2.53 bits per heavy atom. The molecule has 98 valence electrons. The van der Waals surface area contributed by atoms with E-state index >= 15 is 0 Å². The number of Topliss-reactive ketones (excluding diaryl/α,β-unsaturated/α-hetero) is 1. The third-order valence-corrected chi connectivity index (χ3v) is 2.21. The minimum atomic E-state index is -0.558. The number of amides is 1. The molecule has 1 aliphatic rings. The fraction of sp³-hybridized carbons (Fsp3) is 0.833. The molecule has 0 atom stereocenters. The van der Waals surface area contributed by atoms with Gasteiger partial charge in [0.2, 0.25) is 0 Å². The predicted molar refractivity (Wildman–Crippen MR) is 62.8 cm³/mol. The molecule has 1 saturated heterocycles. The number of hydrogen-bond acceptors (Lipinski definition) is 4. The smallest absolute Gasteiger partial charge is 0.410 e. The van der Waals surface area contributed by atoms with Gasteiger partial charge in [-0.15, -0.1) is 0 Å². The topological polar surface area (TPSA) is 55.8 Å². The fourth-order valence-electron chi connectivity index (χ4n) is 1.55. The molecule has 1 aliphatic heterocycles. The number of nitrogens with zero attached hydrogens (tertiary/aromatic N) is 1. The summed E-state index contributed by atoms with van der Waals surface area (Å²) >= 11 is 0. The van der Waals surface area contributed by atoms with E-state index in [0.29, 0.717) is 6.54 Å². The molecule has 5 heteroatoms. The van der Waals surface area contributed by atoms with Crippen molar-refractivity contribution in [2.45, 2.75) is 45.8 Å². The summed E-state index contributed by atoms with van der Waals surface area (Å²) in [4.78, 5) is 24.8. The Labute approximate surface area is 102 Å². The van der Waals surface area contributed by atoms with E-state index in [-0.39, 0.29) is 18.9 Å². The highest BCUT2D eigenvalue weighted by Gasteiger charge is 2.33. The van der Waals surface area contributed by atoms with Crippen LogP contribution < -0.4 is 0 Å². The Bertz CT molecular complexity index is 317.